The zero-order chi connectivity index (χ0) is 23.3. The zero-order valence-corrected chi connectivity index (χ0v) is 19.8. The average Bonchev–Trinajstić information content (AvgIpc) is 3.44. The fourth-order valence-corrected chi connectivity index (χ4v) is 4.80. The summed E-state index contributed by atoms with van der Waals surface area (Å²) in [6.07, 6.45) is 6.20. The molecule has 33 heavy (non-hydrogen) atoms. The SMILES string of the molecule is COc1c2c(nn1C)CN(C(C)C)C(=O)CCCn1cc(c(C)n1)C1=CCc3nnc-2cc31. The minimum absolute atomic E-state index is 0.0354. The Balaban J connectivity index is 1.71. The Morgan fingerprint density at radius 2 is 1.94 bits per heavy atom. The molecular weight excluding hydrogens is 418 g/mol. The number of carbonyl (C=O) groups is 1. The van der Waals surface area contributed by atoms with E-state index in [0.29, 0.717) is 31.1 Å². The van der Waals surface area contributed by atoms with Gasteiger partial charge in [0.05, 0.1) is 36.3 Å². The molecule has 9 heteroatoms. The predicted molar refractivity (Wildman–Crippen MR) is 123 cm³/mol. The molecule has 9 nitrogen and oxygen atoms in total. The number of allylic oxidation sites excluding steroid dienone is 1. The van der Waals surface area contributed by atoms with E-state index in [2.05, 4.69) is 28.5 Å². The van der Waals surface area contributed by atoms with Gasteiger partial charge in [0.2, 0.25) is 11.8 Å². The number of fused-ring (bicyclic) bond motifs is 6. The summed E-state index contributed by atoms with van der Waals surface area (Å²) in [4.78, 5) is 15.0. The van der Waals surface area contributed by atoms with Crippen LogP contribution in [0.15, 0.2) is 18.3 Å². The van der Waals surface area contributed by atoms with E-state index in [0.717, 1.165) is 52.2 Å². The van der Waals surface area contributed by atoms with E-state index in [4.69, 9.17) is 14.9 Å². The van der Waals surface area contributed by atoms with Crippen LogP contribution in [0.2, 0.25) is 0 Å². The molecule has 0 radical (unpaired) electrons. The van der Waals surface area contributed by atoms with Crippen molar-refractivity contribution in [3.8, 4) is 17.1 Å². The lowest BCUT2D eigenvalue weighted by Gasteiger charge is -2.26. The maximum absolute atomic E-state index is 13.2. The lowest BCUT2D eigenvalue weighted by molar-refractivity contribution is -0.133. The first-order chi connectivity index (χ1) is 15.9. The highest BCUT2D eigenvalue weighted by molar-refractivity contribution is 5.86. The smallest absolute Gasteiger partial charge is 0.223 e. The fraction of sp³-hybridized carbons (Fsp3) is 0.458. The summed E-state index contributed by atoms with van der Waals surface area (Å²) >= 11 is 0. The Kier molecular flexibility index (Phi) is 5.26. The first-order valence-corrected chi connectivity index (χ1v) is 11.4. The number of carbonyl (C=O) groups excluding carboxylic acids is 1. The summed E-state index contributed by atoms with van der Waals surface area (Å²) in [5.41, 5.74) is 7.43. The van der Waals surface area contributed by atoms with Gasteiger partial charge in [-0.3, -0.25) is 9.48 Å². The van der Waals surface area contributed by atoms with Crippen molar-refractivity contribution in [2.75, 3.05) is 7.11 Å². The highest BCUT2D eigenvalue weighted by atomic mass is 16.5. The molecule has 0 atom stereocenters. The topological polar surface area (TPSA) is 91.0 Å². The van der Waals surface area contributed by atoms with E-state index in [1.165, 1.54) is 0 Å². The van der Waals surface area contributed by atoms with E-state index < -0.39 is 0 Å². The van der Waals surface area contributed by atoms with Gasteiger partial charge in [0.25, 0.3) is 0 Å². The van der Waals surface area contributed by atoms with E-state index >= 15 is 0 Å². The minimum Gasteiger partial charge on any atom is -0.481 e. The van der Waals surface area contributed by atoms with Crippen LogP contribution in [0, 0.1) is 6.92 Å². The number of nitrogens with zero attached hydrogens (tertiary/aromatic N) is 7. The van der Waals surface area contributed by atoms with Crippen molar-refractivity contribution in [2.45, 2.75) is 59.2 Å². The molecule has 4 heterocycles. The van der Waals surface area contributed by atoms with Crippen molar-refractivity contribution in [3.05, 3.63) is 46.5 Å². The van der Waals surface area contributed by atoms with Gasteiger partial charge in [0.15, 0.2) is 0 Å². The van der Waals surface area contributed by atoms with Crippen LogP contribution in [-0.2, 0) is 31.4 Å². The number of rotatable bonds is 2. The van der Waals surface area contributed by atoms with Crippen LogP contribution in [-0.4, -0.2) is 53.7 Å². The highest BCUT2D eigenvalue weighted by Gasteiger charge is 2.28. The Bertz CT molecular complexity index is 1270. The molecule has 0 saturated carbocycles. The number of methoxy groups -OCH3 is 1. The molecule has 4 bridgehead atoms. The summed E-state index contributed by atoms with van der Waals surface area (Å²) in [7, 11) is 3.47. The van der Waals surface area contributed by atoms with E-state index in [-0.39, 0.29) is 11.9 Å². The van der Waals surface area contributed by atoms with Gasteiger partial charge in [-0.25, -0.2) is 4.68 Å². The Labute approximate surface area is 193 Å². The lowest BCUT2D eigenvalue weighted by Crippen LogP contribution is -2.36. The summed E-state index contributed by atoms with van der Waals surface area (Å²) in [6, 6.07) is 2.11. The van der Waals surface area contributed by atoms with Crippen molar-refractivity contribution in [3.63, 3.8) is 0 Å². The fourth-order valence-electron chi connectivity index (χ4n) is 4.80. The van der Waals surface area contributed by atoms with Gasteiger partial charge in [-0.2, -0.15) is 15.3 Å². The minimum atomic E-state index is 0.0354. The summed E-state index contributed by atoms with van der Waals surface area (Å²) in [5.74, 6) is 0.704. The molecule has 1 aliphatic heterocycles. The van der Waals surface area contributed by atoms with Gasteiger partial charge in [0.1, 0.15) is 5.69 Å². The van der Waals surface area contributed by atoms with Crippen molar-refractivity contribution >= 4 is 11.5 Å². The molecule has 2 aliphatic rings. The summed E-state index contributed by atoms with van der Waals surface area (Å²) in [6.45, 7) is 7.16. The second-order valence-electron chi connectivity index (χ2n) is 8.98. The van der Waals surface area contributed by atoms with Crippen LogP contribution >= 0.6 is 0 Å². The Morgan fingerprint density at radius 1 is 1.12 bits per heavy atom. The third kappa shape index (κ3) is 3.61. The molecule has 1 aliphatic carbocycles. The van der Waals surface area contributed by atoms with Gasteiger partial charge in [-0.05, 0) is 38.8 Å². The number of amides is 1. The van der Waals surface area contributed by atoms with E-state index in [1.54, 1.807) is 11.8 Å². The molecule has 5 rings (SSSR count). The van der Waals surface area contributed by atoms with Gasteiger partial charge in [0, 0.05) is 49.8 Å². The lowest BCUT2D eigenvalue weighted by atomic mass is 10.0. The predicted octanol–water partition coefficient (Wildman–Crippen LogP) is 2.91. The molecule has 0 aromatic carbocycles. The Morgan fingerprint density at radius 3 is 2.70 bits per heavy atom. The van der Waals surface area contributed by atoms with Crippen LogP contribution in [0.25, 0.3) is 16.8 Å². The molecule has 0 spiro atoms. The van der Waals surface area contributed by atoms with Crippen LogP contribution < -0.4 is 4.74 Å². The molecule has 0 N–H and O–H groups in total. The molecule has 3 aromatic rings. The van der Waals surface area contributed by atoms with Crippen molar-refractivity contribution in [1.29, 1.82) is 0 Å². The second-order valence-corrected chi connectivity index (χ2v) is 8.98. The molecule has 0 saturated heterocycles. The van der Waals surface area contributed by atoms with Crippen molar-refractivity contribution in [2.24, 2.45) is 7.05 Å². The van der Waals surface area contributed by atoms with Crippen LogP contribution in [0.1, 0.15) is 54.9 Å². The molecule has 172 valence electrons. The van der Waals surface area contributed by atoms with Gasteiger partial charge in [-0.1, -0.05) is 6.08 Å². The van der Waals surface area contributed by atoms with E-state index in [1.807, 2.05) is 37.4 Å². The molecular formula is C24H29N7O2. The number of hydrogen-bond donors (Lipinski definition) is 0. The molecule has 0 fully saturated rings. The number of aromatic nitrogens is 6. The summed E-state index contributed by atoms with van der Waals surface area (Å²) < 4.78 is 9.36. The number of hydrogen-bond acceptors (Lipinski definition) is 6. The van der Waals surface area contributed by atoms with Gasteiger partial charge < -0.3 is 9.64 Å². The quantitative estimate of drug-likeness (QED) is 0.600. The highest BCUT2D eigenvalue weighted by Crippen LogP contribution is 2.38. The van der Waals surface area contributed by atoms with Crippen LogP contribution in [0.4, 0.5) is 0 Å². The van der Waals surface area contributed by atoms with Gasteiger partial charge in [-0.15, -0.1) is 5.10 Å². The summed E-state index contributed by atoms with van der Waals surface area (Å²) in [5, 5.41) is 18.5. The Hall–Kier alpha value is -3.49. The van der Waals surface area contributed by atoms with Gasteiger partial charge >= 0.3 is 0 Å². The molecule has 3 aromatic heterocycles. The normalized spacial score (nSPS) is 15.9. The molecule has 0 unspecified atom stereocenters. The maximum Gasteiger partial charge on any atom is 0.223 e. The number of ether oxygens (including phenoxy) is 1. The monoisotopic (exact) mass is 447 g/mol. The first kappa shape index (κ1) is 21.4. The third-order valence-electron chi connectivity index (χ3n) is 6.45. The number of aryl methyl sites for hydroxylation is 3. The van der Waals surface area contributed by atoms with Crippen LogP contribution in [0.5, 0.6) is 5.88 Å². The second kappa shape index (κ2) is 8.13. The zero-order valence-electron chi connectivity index (χ0n) is 19.8. The standard InChI is InChI=1S/C24H29N7O2/c1-14(2)31-13-21-23(24(33-5)29(4)28-21)20-11-17-16(8-9-19(17)25-26-20)18-12-30(27-15(18)3)10-6-7-22(31)32/h8,11-12,14H,6-7,9-10,13H2,1-5H3. The largest absolute Gasteiger partial charge is 0.481 e. The van der Waals surface area contributed by atoms with Crippen molar-refractivity contribution in [1.82, 2.24) is 34.7 Å². The average molecular weight is 448 g/mol. The maximum atomic E-state index is 13.2. The first-order valence-electron chi connectivity index (χ1n) is 11.4. The van der Waals surface area contributed by atoms with Crippen LogP contribution in [0.3, 0.4) is 0 Å². The van der Waals surface area contributed by atoms with Crippen molar-refractivity contribution < 1.29 is 9.53 Å². The third-order valence-corrected chi connectivity index (χ3v) is 6.45. The molecule has 1 amide bonds. The van der Waals surface area contributed by atoms with E-state index in [9.17, 15) is 4.79 Å².